The number of hydrogen-bond acceptors (Lipinski definition) is 4. The van der Waals surface area contributed by atoms with E-state index in [0.29, 0.717) is 54.1 Å². The Kier molecular flexibility index (Phi) is 6.58. The van der Waals surface area contributed by atoms with Crippen LogP contribution in [0.2, 0.25) is 0 Å². The summed E-state index contributed by atoms with van der Waals surface area (Å²) in [6, 6.07) is 10.0. The molecule has 0 aliphatic heterocycles. The number of aryl methyl sites for hydroxylation is 3. The van der Waals surface area contributed by atoms with Crippen LogP contribution in [0.15, 0.2) is 42.7 Å². The lowest BCUT2D eigenvalue weighted by Crippen LogP contribution is -2.13. The van der Waals surface area contributed by atoms with Crippen molar-refractivity contribution in [1.29, 1.82) is 0 Å². The smallest absolute Gasteiger partial charge is 0.338 e. The number of aromatic carboxylic acids is 1. The highest BCUT2D eigenvalue weighted by atomic mass is 19.1. The SMILES string of the molecule is CCCc1cc(-c2cc(NCCn3c(C)cc4cc(C)cc(F)c43)ncn2)cc(F)c1C(=O)O. The molecule has 4 rings (SSSR count). The first-order valence-electron chi connectivity index (χ1n) is 11.2. The Morgan fingerprint density at radius 2 is 1.85 bits per heavy atom. The lowest BCUT2D eigenvalue weighted by atomic mass is 9.98. The van der Waals surface area contributed by atoms with E-state index in [-0.39, 0.29) is 11.4 Å². The van der Waals surface area contributed by atoms with Crippen molar-refractivity contribution < 1.29 is 18.7 Å². The van der Waals surface area contributed by atoms with Gasteiger partial charge in [-0.05, 0) is 61.7 Å². The fraction of sp³-hybridized carbons (Fsp3) is 0.269. The summed E-state index contributed by atoms with van der Waals surface area (Å²) in [5.74, 6) is -1.77. The number of carboxylic acid groups (broad SMARTS) is 1. The second kappa shape index (κ2) is 9.59. The van der Waals surface area contributed by atoms with E-state index in [1.54, 1.807) is 12.1 Å². The summed E-state index contributed by atoms with van der Waals surface area (Å²) in [5.41, 5.74) is 3.52. The molecule has 0 saturated carbocycles. The molecule has 2 N–H and O–H groups in total. The maximum atomic E-state index is 14.6. The largest absolute Gasteiger partial charge is 0.478 e. The molecule has 34 heavy (non-hydrogen) atoms. The summed E-state index contributed by atoms with van der Waals surface area (Å²) < 4.78 is 31.1. The van der Waals surface area contributed by atoms with Crippen molar-refractivity contribution in [2.45, 2.75) is 40.2 Å². The third-order valence-electron chi connectivity index (χ3n) is 5.81. The van der Waals surface area contributed by atoms with Gasteiger partial charge in [-0.15, -0.1) is 0 Å². The number of benzene rings is 2. The molecular formula is C26H26F2N4O2. The number of carboxylic acids is 1. The fourth-order valence-electron chi connectivity index (χ4n) is 4.35. The highest BCUT2D eigenvalue weighted by molar-refractivity contribution is 5.90. The molecule has 0 fully saturated rings. The van der Waals surface area contributed by atoms with E-state index in [1.807, 2.05) is 37.5 Å². The number of anilines is 1. The minimum absolute atomic E-state index is 0.248. The molecule has 6 nitrogen and oxygen atoms in total. The third kappa shape index (κ3) is 4.62. The van der Waals surface area contributed by atoms with Gasteiger partial charge in [-0.25, -0.2) is 23.5 Å². The Hall–Kier alpha value is -3.81. The molecule has 0 amide bonds. The topological polar surface area (TPSA) is 80.0 Å². The van der Waals surface area contributed by atoms with E-state index in [1.165, 1.54) is 18.5 Å². The van der Waals surface area contributed by atoms with Crippen molar-refractivity contribution in [3.63, 3.8) is 0 Å². The molecule has 2 aromatic heterocycles. The molecule has 0 spiro atoms. The van der Waals surface area contributed by atoms with E-state index >= 15 is 0 Å². The Balaban J connectivity index is 1.55. The van der Waals surface area contributed by atoms with Gasteiger partial charge in [0.25, 0.3) is 0 Å². The van der Waals surface area contributed by atoms with Crippen LogP contribution in [-0.4, -0.2) is 32.2 Å². The van der Waals surface area contributed by atoms with Crippen molar-refractivity contribution in [3.8, 4) is 11.3 Å². The van der Waals surface area contributed by atoms with E-state index in [4.69, 9.17) is 0 Å². The average molecular weight is 465 g/mol. The zero-order chi connectivity index (χ0) is 24.4. The van der Waals surface area contributed by atoms with Gasteiger partial charge in [-0.2, -0.15) is 0 Å². The van der Waals surface area contributed by atoms with Crippen LogP contribution in [-0.2, 0) is 13.0 Å². The molecule has 176 valence electrons. The molecule has 2 heterocycles. The van der Waals surface area contributed by atoms with Gasteiger partial charge in [0.1, 0.15) is 23.8 Å². The zero-order valence-electron chi connectivity index (χ0n) is 19.3. The number of nitrogens with one attached hydrogen (secondary N) is 1. The van der Waals surface area contributed by atoms with Crippen LogP contribution >= 0.6 is 0 Å². The summed E-state index contributed by atoms with van der Waals surface area (Å²) in [4.78, 5) is 19.9. The minimum Gasteiger partial charge on any atom is -0.478 e. The van der Waals surface area contributed by atoms with Crippen LogP contribution in [0.1, 0.15) is 40.5 Å². The maximum absolute atomic E-state index is 14.6. The zero-order valence-corrected chi connectivity index (χ0v) is 19.3. The highest BCUT2D eigenvalue weighted by Crippen LogP contribution is 2.27. The quantitative estimate of drug-likeness (QED) is 0.347. The van der Waals surface area contributed by atoms with Gasteiger partial charge in [0.05, 0.1) is 16.8 Å². The predicted octanol–water partition coefficient (Wildman–Crippen LogP) is 5.76. The number of halogens is 2. The van der Waals surface area contributed by atoms with Crippen molar-refractivity contribution >= 4 is 22.7 Å². The van der Waals surface area contributed by atoms with Gasteiger partial charge in [0.15, 0.2) is 0 Å². The van der Waals surface area contributed by atoms with Gasteiger partial charge < -0.3 is 15.0 Å². The normalized spacial score (nSPS) is 11.2. The molecule has 0 saturated heterocycles. The second-order valence-electron chi connectivity index (χ2n) is 8.38. The molecular weight excluding hydrogens is 438 g/mol. The first-order chi connectivity index (χ1) is 16.3. The average Bonchev–Trinajstić information content (AvgIpc) is 3.08. The summed E-state index contributed by atoms with van der Waals surface area (Å²) in [5, 5.41) is 13.5. The molecule has 0 radical (unpaired) electrons. The summed E-state index contributed by atoms with van der Waals surface area (Å²) in [6.07, 6.45) is 2.51. The van der Waals surface area contributed by atoms with Gasteiger partial charge in [0.2, 0.25) is 0 Å². The first-order valence-corrected chi connectivity index (χ1v) is 11.2. The Labute approximate surface area is 196 Å². The van der Waals surface area contributed by atoms with Crippen molar-refractivity contribution in [2.75, 3.05) is 11.9 Å². The van der Waals surface area contributed by atoms with Crippen LogP contribution in [0.3, 0.4) is 0 Å². The highest BCUT2D eigenvalue weighted by Gasteiger charge is 2.18. The molecule has 0 unspecified atom stereocenters. The van der Waals surface area contributed by atoms with Crippen LogP contribution in [0.4, 0.5) is 14.6 Å². The number of nitrogens with zero attached hydrogens (tertiary/aromatic N) is 3. The van der Waals surface area contributed by atoms with Crippen LogP contribution in [0.5, 0.6) is 0 Å². The van der Waals surface area contributed by atoms with Crippen LogP contribution < -0.4 is 5.32 Å². The number of carbonyl (C=O) groups is 1. The number of rotatable bonds is 8. The number of hydrogen-bond donors (Lipinski definition) is 2. The van der Waals surface area contributed by atoms with E-state index in [2.05, 4.69) is 15.3 Å². The fourth-order valence-corrected chi connectivity index (χ4v) is 4.35. The Morgan fingerprint density at radius 3 is 2.59 bits per heavy atom. The minimum atomic E-state index is -1.28. The molecule has 2 aromatic carbocycles. The predicted molar refractivity (Wildman–Crippen MR) is 128 cm³/mol. The molecule has 0 atom stereocenters. The maximum Gasteiger partial charge on any atom is 0.338 e. The van der Waals surface area contributed by atoms with Gasteiger partial charge in [-0.3, -0.25) is 0 Å². The van der Waals surface area contributed by atoms with Gasteiger partial charge in [-0.1, -0.05) is 13.3 Å². The number of fused-ring (bicyclic) bond motifs is 1. The standard InChI is InChI=1S/C26H26F2N4O2/c1-4-5-17-11-18(12-20(27)24(17)26(33)34)22-13-23(31-14-30-22)29-6-7-32-16(3)10-19-8-15(2)9-21(28)25(19)32/h8-14H,4-7H2,1-3H3,(H,33,34)(H,29,30,31). The third-order valence-corrected chi connectivity index (χ3v) is 5.81. The first kappa shape index (κ1) is 23.4. The Morgan fingerprint density at radius 1 is 1.06 bits per heavy atom. The molecule has 0 bridgehead atoms. The van der Waals surface area contributed by atoms with E-state index < -0.39 is 11.8 Å². The lowest BCUT2D eigenvalue weighted by Gasteiger charge is -2.12. The molecule has 4 aromatic rings. The monoisotopic (exact) mass is 464 g/mol. The van der Waals surface area contributed by atoms with Crippen LogP contribution in [0, 0.1) is 25.5 Å². The lowest BCUT2D eigenvalue weighted by molar-refractivity contribution is 0.0690. The summed E-state index contributed by atoms with van der Waals surface area (Å²) >= 11 is 0. The Bertz CT molecular complexity index is 1380. The summed E-state index contributed by atoms with van der Waals surface area (Å²) in [7, 11) is 0. The second-order valence-corrected chi connectivity index (χ2v) is 8.38. The van der Waals surface area contributed by atoms with Gasteiger partial charge in [0, 0.05) is 35.8 Å². The van der Waals surface area contributed by atoms with E-state index in [0.717, 1.165) is 16.6 Å². The van der Waals surface area contributed by atoms with Crippen molar-refractivity contribution in [3.05, 3.63) is 76.7 Å². The number of aromatic nitrogens is 3. The van der Waals surface area contributed by atoms with Crippen LogP contribution in [0.25, 0.3) is 22.2 Å². The summed E-state index contributed by atoms with van der Waals surface area (Å²) in [6.45, 7) is 6.74. The van der Waals surface area contributed by atoms with Crippen molar-refractivity contribution in [1.82, 2.24) is 14.5 Å². The molecule has 8 heteroatoms. The molecule has 0 aliphatic carbocycles. The van der Waals surface area contributed by atoms with Gasteiger partial charge >= 0.3 is 5.97 Å². The molecule has 0 aliphatic rings. The van der Waals surface area contributed by atoms with E-state index in [9.17, 15) is 18.7 Å². The van der Waals surface area contributed by atoms with Crippen molar-refractivity contribution in [2.24, 2.45) is 0 Å².